The molecule has 0 aromatic carbocycles. The molecule has 0 heterocycles. The van der Waals surface area contributed by atoms with Gasteiger partial charge < -0.3 is 5.11 Å². The monoisotopic (exact) mass is 225 g/mol. The van der Waals surface area contributed by atoms with E-state index in [1.165, 1.54) is 4.90 Å². The minimum Gasteiger partial charge on any atom is -0.395 e. The zero-order valence-corrected chi connectivity index (χ0v) is 8.62. The van der Waals surface area contributed by atoms with Gasteiger partial charge in [0.15, 0.2) is 0 Å². The van der Waals surface area contributed by atoms with Crippen LogP contribution in [0.1, 0.15) is 13.3 Å². The van der Waals surface area contributed by atoms with Crippen LogP contribution in [-0.2, 0) is 4.79 Å². The number of nitrogens with two attached hydrogens (primary N) is 1. The van der Waals surface area contributed by atoms with Crippen LogP contribution in [0, 0.1) is 0 Å². The van der Waals surface area contributed by atoms with Gasteiger partial charge in [-0.2, -0.15) is 0 Å². The first-order valence-corrected chi connectivity index (χ1v) is 4.63. The van der Waals surface area contributed by atoms with E-state index in [9.17, 15) is 13.6 Å². The molecule has 1 unspecified atom stereocenters. The number of carbonyl (C=O) groups is 1. The lowest BCUT2D eigenvalue weighted by atomic mass is 10.2. The van der Waals surface area contributed by atoms with Gasteiger partial charge in [0.2, 0.25) is 5.91 Å². The minimum absolute atomic E-state index is 0.0310. The highest BCUT2D eigenvalue weighted by Gasteiger charge is 2.19. The average Bonchev–Trinajstić information content (AvgIpc) is 2.16. The van der Waals surface area contributed by atoms with Gasteiger partial charge >= 0.3 is 0 Å². The fraction of sp³-hybridized carbons (Fsp3) is 0.875. The van der Waals surface area contributed by atoms with Gasteiger partial charge in [0.05, 0.1) is 13.2 Å². The van der Waals surface area contributed by atoms with Gasteiger partial charge in [0, 0.05) is 19.0 Å². The Hall–Kier alpha value is -0.790. The second kappa shape index (κ2) is 7.49. The fourth-order valence-electron chi connectivity index (χ4n) is 1.25. The number of amides is 1. The van der Waals surface area contributed by atoms with Gasteiger partial charge in [0.25, 0.3) is 6.43 Å². The highest BCUT2D eigenvalue weighted by Crippen LogP contribution is 2.06. The molecular weight excluding hydrogens is 208 g/mol. The van der Waals surface area contributed by atoms with E-state index in [2.05, 4.69) is 0 Å². The summed E-state index contributed by atoms with van der Waals surface area (Å²) in [5.74, 6) is 4.46. The first-order chi connectivity index (χ1) is 7.01. The number of rotatable bonds is 7. The third-order valence-corrected chi connectivity index (χ3v) is 2.02. The Kier molecular flexibility index (Phi) is 7.10. The van der Waals surface area contributed by atoms with Crippen molar-refractivity contribution in [2.24, 2.45) is 5.84 Å². The van der Waals surface area contributed by atoms with Crippen LogP contribution in [0.25, 0.3) is 0 Å². The van der Waals surface area contributed by atoms with Crippen LogP contribution in [0.15, 0.2) is 0 Å². The molecule has 0 radical (unpaired) electrons. The first kappa shape index (κ1) is 14.2. The predicted molar refractivity (Wildman–Crippen MR) is 51.1 cm³/mol. The quantitative estimate of drug-likeness (QED) is 0.304. The van der Waals surface area contributed by atoms with E-state index in [1.54, 1.807) is 6.92 Å². The van der Waals surface area contributed by atoms with Crippen molar-refractivity contribution in [2.45, 2.75) is 25.8 Å². The van der Waals surface area contributed by atoms with Crippen LogP contribution >= 0.6 is 0 Å². The average molecular weight is 225 g/mol. The molecule has 5 nitrogen and oxygen atoms in total. The van der Waals surface area contributed by atoms with Crippen molar-refractivity contribution < 1.29 is 18.7 Å². The van der Waals surface area contributed by atoms with Crippen molar-refractivity contribution >= 4 is 5.91 Å². The lowest BCUT2D eigenvalue weighted by Gasteiger charge is -2.27. The number of halogens is 2. The van der Waals surface area contributed by atoms with E-state index in [1.807, 2.05) is 5.43 Å². The Morgan fingerprint density at radius 3 is 2.60 bits per heavy atom. The molecule has 0 rings (SSSR count). The lowest BCUT2D eigenvalue weighted by Crippen LogP contribution is -2.42. The molecule has 0 spiro atoms. The Bertz CT molecular complexity index is 193. The van der Waals surface area contributed by atoms with Crippen LogP contribution in [0.5, 0.6) is 0 Å². The molecule has 0 aliphatic carbocycles. The summed E-state index contributed by atoms with van der Waals surface area (Å²) < 4.78 is 24.3. The third-order valence-electron chi connectivity index (χ3n) is 2.02. The van der Waals surface area contributed by atoms with Gasteiger partial charge in [-0.25, -0.2) is 14.6 Å². The molecule has 1 amide bonds. The molecule has 0 saturated carbocycles. The summed E-state index contributed by atoms with van der Waals surface area (Å²) in [6.07, 6.45) is -2.46. The molecular formula is C8H17F2N3O2. The van der Waals surface area contributed by atoms with Crippen LogP contribution in [0.2, 0.25) is 0 Å². The van der Waals surface area contributed by atoms with E-state index in [0.29, 0.717) is 0 Å². The van der Waals surface area contributed by atoms with E-state index in [-0.39, 0.29) is 25.6 Å². The molecule has 7 heteroatoms. The zero-order valence-electron chi connectivity index (χ0n) is 8.62. The van der Waals surface area contributed by atoms with Gasteiger partial charge in [-0.1, -0.05) is 0 Å². The summed E-state index contributed by atoms with van der Waals surface area (Å²) in [6.45, 7) is 1.07. The molecule has 0 aliphatic rings. The molecule has 0 aromatic rings. The summed E-state index contributed by atoms with van der Waals surface area (Å²) in [5.41, 5.74) is 1.93. The molecule has 90 valence electrons. The van der Waals surface area contributed by atoms with Crippen LogP contribution in [0.4, 0.5) is 8.78 Å². The minimum atomic E-state index is -2.49. The maximum atomic E-state index is 12.1. The molecule has 4 N–H and O–H groups in total. The van der Waals surface area contributed by atoms with Gasteiger partial charge in [0.1, 0.15) is 0 Å². The number of carbonyl (C=O) groups excluding carboxylic acids is 1. The predicted octanol–water partition coefficient (Wildman–Crippen LogP) is -0.686. The SMILES string of the molecule is CC(CC(=O)NN)N(CCO)CC(F)F. The molecule has 15 heavy (non-hydrogen) atoms. The lowest BCUT2D eigenvalue weighted by molar-refractivity contribution is -0.122. The molecule has 0 aromatic heterocycles. The molecule has 0 fully saturated rings. The van der Waals surface area contributed by atoms with E-state index >= 15 is 0 Å². The standard InChI is InChI=1S/C8H17F2N3O2/c1-6(4-8(15)12-11)13(2-3-14)5-7(9)10/h6-7,14H,2-5,11H2,1H3,(H,12,15). The smallest absolute Gasteiger partial charge is 0.251 e. The Morgan fingerprint density at radius 2 is 2.20 bits per heavy atom. The molecule has 0 bridgehead atoms. The van der Waals surface area contributed by atoms with Crippen LogP contribution < -0.4 is 11.3 Å². The summed E-state index contributed by atoms with van der Waals surface area (Å²) in [4.78, 5) is 12.3. The third kappa shape index (κ3) is 6.32. The van der Waals surface area contributed by atoms with Crippen LogP contribution in [0.3, 0.4) is 0 Å². The second-order valence-electron chi connectivity index (χ2n) is 3.23. The van der Waals surface area contributed by atoms with Crippen molar-refractivity contribution in [2.75, 3.05) is 19.7 Å². The molecule has 1 atom stereocenters. The summed E-state index contributed by atoms with van der Waals surface area (Å²) in [6, 6.07) is -0.380. The fourth-order valence-corrected chi connectivity index (χ4v) is 1.25. The maximum Gasteiger partial charge on any atom is 0.251 e. The number of aliphatic hydroxyl groups excluding tert-OH is 1. The summed E-state index contributed by atoms with van der Waals surface area (Å²) in [7, 11) is 0. The number of aliphatic hydroxyl groups is 1. The Labute approximate surface area is 87.2 Å². The number of nitrogens with zero attached hydrogens (tertiary/aromatic N) is 1. The van der Waals surface area contributed by atoms with Crippen LogP contribution in [-0.4, -0.2) is 48.1 Å². The topological polar surface area (TPSA) is 78.6 Å². The number of hydrogen-bond donors (Lipinski definition) is 3. The van der Waals surface area contributed by atoms with E-state index in [4.69, 9.17) is 10.9 Å². The van der Waals surface area contributed by atoms with Gasteiger partial charge in [-0.3, -0.25) is 15.1 Å². The number of alkyl halides is 2. The summed E-state index contributed by atoms with van der Waals surface area (Å²) >= 11 is 0. The second-order valence-corrected chi connectivity index (χ2v) is 3.23. The van der Waals surface area contributed by atoms with Gasteiger partial charge in [-0.05, 0) is 6.92 Å². The number of hydrazine groups is 1. The van der Waals surface area contributed by atoms with Crippen molar-refractivity contribution in [1.29, 1.82) is 0 Å². The number of nitrogens with one attached hydrogen (secondary N) is 1. The number of hydrogen-bond acceptors (Lipinski definition) is 4. The summed E-state index contributed by atoms with van der Waals surface area (Å²) in [5, 5.41) is 8.68. The Balaban J connectivity index is 4.14. The zero-order chi connectivity index (χ0) is 11.8. The highest BCUT2D eigenvalue weighted by molar-refractivity contribution is 5.75. The van der Waals surface area contributed by atoms with Crippen molar-refractivity contribution in [1.82, 2.24) is 10.3 Å². The largest absolute Gasteiger partial charge is 0.395 e. The van der Waals surface area contributed by atoms with Crippen molar-refractivity contribution in [3.8, 4) is 0 Å². The molecule has 0 saturated heterocycles. The molecule has 0 aliphatic heterocycles. The highest BCUT2D eigenvalue weighted by atomic mass is 19.3. The first-order valence-electron chi connectivity index (χ1n) is 4.63. The maximum absolute atomic E-state index is 12.1. The Morgan fingerprint density at radius 1 is 1.60 bits per heavy atom. The van der Waals surface area contributed by atoms with Crippen molar-refractivity contribution in [3.05, 3.63) is 0 Å². The van der Waals surface area contributed by atoms with E-state index in [0.717, 1.165) is 0 Å². The normalized spacial score (nSPS) is 13.3. The van der Waals surface area contributed by atoms with Gasteiger partial charge in [-0.15, -0.1) is 0 Å². The van der Waals surface area contributed by atoms with Crippen molar-refractivity contribution in [3.63, 3.8) is 0 Å². The van der Waals surface area contributed by atoms with E-state index < -0.39 is 18.9 Å².